The van der Waals surface area contributed by atoms with Gasteiger partial charge in [0, 0.05) is 43.2 Å². The predicted molar refractivity (Wildman–Crippen MR) is 115 cm³/mol. The molecule has 2 aliphatic heterocycles. The van der Waals surface area contributed by atoms with Crippen LogP contribution < -0.4 is 9.80 Å². The van der Waals surface area contributed by atoms with Crippen molar-refractivity contribution in [1.29, 1.82) is 0 Å². The molecule has 152 valence electrons. The molecule has 8 heteroatoms. The lowest BCUT2D eigenvalue weighted by molar-refractivity contribution is 0.0984. The van der Waals surface area contributed by atoms with Gasteiger partial charge in [-0.2, -0.15) is 11.3 Å². The summed E-state index contributed by atoms with van der Waals surface area (Å²) in [6, 6.07) is 8.36. The van der Waals surface area contributed by atoms with Crippen LogP contribution in [0.2, 0.25) is 0 Å². The van der Waals surface area contributed by atoms with Crippen LogP contribution in [0.25, 0.3) is 10.9 Å². The van der Waals surface area contributed by atoms with Crippen LogP contribution >= 0.6 is 11.3 Å². The summed E-state index contributed by atoms with van der Waals surface area (Å²) in [6.45, 7) is 5.00. The van der Waals surface area contributed by atoms with Crippen molar-refractivity contribution in [3.63, 3.8) is 0 Å². The Morgan fingerprint density at radius 3 is 2.83 bits per heavy atom. The van der Waals surface area contributed by atoms with Gasteiger partial charge >= 0.3 is 0 Å². The average Bonchev–Trinajstić information content (AvgIpc) is 3.33. The number of ether oxygens (including phenoxy) is 1. The number of fused-ring (bicyclic) bond motifs is 1. The summed E-state index contributed by atoms with van der Waals surface area (Å²) in [7, 11) is 0. The molecule has 29 heavy (non-hydrogen) atoms. The first kappa shape index (κ1) is 18.7. The number of hydrogen-bond donors (Lipinski definition) is 1. The van der Waals surface area contributed by atoms with Crippen molar-refractivity contribution >= 4 is 33.7 Å². The summed E-state index contributed by atoms with van der Waals surface area (Å²) in [5.74, 6) is 1.06. The van der Waals surface area contributed by atoms with Crippen LogP contribution in [0.5, 0.6) is 0 Å². The number of hydrogen-bond acceptors (Lipinski definition) is 8. The first-order chi connectivity index (χ1) is 14.3. The zero-order chi connectivity index (χ0) is 19.6. The number of thiophene rings is 1. The van der Waals surface area contributed by atoms with Crippen LogP contribution in [-0.4, -0.2) is 59.9 Å². The molecule has 3 aromatic rings. The second-order valence-electron chi connectivity index (χ2n) is 7.76. The number of morpholine rings is 1. The largest absolute Gasteiger partial charge is 0.388 e. The Labute approximate surface area is 173 Å². The molecule has 1 N–H and O–H groups in total. The fourth-order valence-electron chi connectivity index (χ4n) is 4.39. The minimum absolute atomic E-state index is 0.191. The topological polar surface area (TPSA) is 74.6 Å². The van der Waals surface area contributed by atoms with E-state index in [0.29, 0.717) is 0 Å². The van der Waals surface area contributed by atoms with E-state index in [1.54, 1.807) is 11.3 Å². The number of benzene rings is 1. The highest BCUT2D eigenvalue weighted by atomic mass is 32.1. The SMILES string of the molecule is O[C@H](c1ccsc1)[C@H]1CCCN(c2nnnc3cc(N4CCOCC4)ccc23)C1. The number of aliphatic hydroxyl groups excluding tert-OH is 1. The predicted octanol–water partition coefficient (Wildman–Crippen LogP) is 2.87. The van der Waals surface area contributed by atoms with E-state index >= 15 is 0 Å². The van der Waals surface area contributed by atoms with Gasteiger partial charge < -0.3 is 19.6 Å². The maximum atomic E-state index is 10.8. The van der Waals surface area contributed by atoms with E-state index in [9.17, 15) is 5.11 Å². The smallest absolute Gasteiger partial charge is 0.162 e. The molecular weight excluding hydrogens is 386 g/mol. The van der Waals surface area contributed by atoms with Crippen molar-refractivity contribution in [1.82, 2.24) is 15.4 Å². The second kappa shape index (κ2) is 8.22. The van der Waals surface area contributed by atoms with E-state index in [4.69, 9.17) is 4.74 Å². The second-order valence-corrected chi connectivity index (χ2v) is 8.54. The van der Waals surface area contributed by atoms with Crippen molar-refractivity contribution in [2.24, 2.45) is 5.92 Å². The first-order valence-electron chi connectivity index (χ1n) is 10.2. The molecule has 2 aliphatic rings. The Bertz CT molecular complexity index is 961. The molecule has 2 atom stereocenters. The van der Waals surface area contributed by atoms with Crippen molar-refractivity contribution < 1.29 is 9.84 Å². The quantitative estimate of drug-likeness (QED) is 0.707. The Balaban J connectivity index is 1.40. The summed E-state index contributed by atoms with van der Waals surface area (Å²) in [6.07, 6.45) is 1.62. The van der Waals surface area contributed by atoms with E-state index in [2.05, 4.69) is 43.4 Å². The first-order valence-corrected chi connectivity index (χ1v) is 11.1. The van der Waals surface area contributed by atoms with E-state index < -0.39 is 6.10 Å². The summed E-state index contributed by atoms with van der Waals surface area (Å²) in [5, 5.41) is 28.6. The Hall–Kier alpha value is -2.29. The Morgan fingerprint density at radius 2 is 2.00 bits per heavy atom. The lowest BCUT2D eigenvalue weighted by Gasteiger charge is -2.36. The number of anilines is 2. The Morgan fingerprint density at radius 1 is 1.10 bits per heavy atom. The van der Waals surface area contributed by atoms with Gasteiger partial charge in [-0.25, -0.2) is 0 Å². The summed E-state index contributed by atoms with van der Waals surface area (Å²) >= 11 is 1.63. The lowest BCUT2D eigenvalue weighted by Crippen LogP contribution is -2.38. The van der Waals surface area contributed by atoms with Crippen molar-refractivity contribution in [2.75, 3.05) is 49.2 Å². The monoisotopic (exact) mass is 411 g/mol. The molecule has 0 amide bonds. The standard InChI is InChI=1S/C21H25N5O2S/c27-20(16-5-11-29-14-16)15-2-1-6-26(13-15)21-18-4-3-17(12-19(18)22-24-23-21)25-7-9-28-10-8-25/h3-5,11-12,14-15,20,27H,1-2,6-10,13H2/t15-,20-/m0/s1. The average molecular weight is 412 g/mol. The maximum Gasteiger partial charge on any atom is 0.162 e. The summed E-state index contributed by atoms with van der Waals surface area (Å²) in [4.78, 5) is 4.58. The number of aromatic nitrogens is 3. The molecule has 2 aromatic heterocycles. The van der Waals surface area contributed by atoms with E-state index in [0.717, 1.165) is 80.2 Å². The van der Waals surface area contributed by atoms with Crippen molar-refractivity contribution in [3.8, 4) is 0 Å². The molecule has 0 unspecified atom stereocenters. The third kappa shape index (κ3) is 3.80. The maximum absolute atomic E-state index is 10.8. The number of rotatable bonds is 4. The molecule has 2 saturated heterocycles. The minimum Gasteiger partial charge on any atom is -0.388 e. The fourth-order valence-corrected chi connectivity index (χ4v) is 5.08. The summed E-state index contributed by atoms with van der Waals surface area (Å²) < 4.78 is 5.46. The van der Waals surface area contributed by atoms with Crippen molar-refractivity contribution in [2.45, 2.75) is 18.9 Å². The molecule has 4 heterocycles. The van der Waals surface area contributed by atoms with Gasteiger partial charge in [0.15, 0.2) is 5.82 Å². The molecule has 1 aromatic carbocycles. The fraction of sp³-hybridized carbons (Fsp3) is 0.476. The van der Waals surface area contributed by atoms with Crippen LogP contribution in [0.1, 0.15) is 24.5 Å². The molecule has 0 bridgehead atoms. The van der Waals surface area contributed by atoms with E-state index in [1.807, 2.05) is 16.8 Å². The molecule has 2 fully saturated rings. The molecule has 0 saturated carbocycles. The van der Waals surface area contributed by atoms with Crippen LogP contribution in [0.15, 0.2) is 35.0 Å². The van der Waals surface area contributed by atoms with Gasteiger partial charge in [-0.1, -0.05) is 0 Å². The summed E-state index contributed by atoms with van der Waals surface area (Å²) in [5.41, 5.74) is 3.03. The van der Waals surface area contributed by atoms with Crippen LogP contribution in [-0.2, 0) is 4.74 Å². The molecule has 0 spiro atoms. The van der Waals surface area contributed by atoms with Crippen LogP contribution in [0, 0.1) is 5.92 Å². The minimum atomic E-state index is -0.432. The third-order valence-electron chi connectivity index (χ3n) is 5.98. The highest BCUT2D eigenvalue weighted by Crippen LogP contribution is 2.34. The lowest BCUT2D eigenvalue weighted by atomic mass is 9.89. The molecular formula is C21H25N5O2S. The normalized spacial score (nSPS) is 21.5. The number of nitrogens with zero attached hydrogens (tertiary/aromatic N) is 5. The Kier molecular flexibility index (Phi) is 5.30. The van der Waals surface area contributed by atoms with Gasteiger partial charge in [-0.3, -0.25) is 0 Å². The van der Waals surface area contributed by atoms with Gasteiger partial charge in [0.25, 0.3) is 0 Å². The van der Waals surface area contributed by atoms with Gasteiger partial charge in [0.2, 0.25) is 0 Å². The third-order valence-corrected chi connectivity index (χ3v) is 6.68. The van der Waals surface area contributed by atoms with Gasteiger partial charge in [-0.15, -0.1) is 10.2 Å². The van der Waals surface area contributed by atoms with Crippen molar-refractivity contribution in [3.05, 3.63) is 40.6 Å². The molecule has 5 rings (SSSR count). The van der Waals surface area contributed by atoms with Gasteiger partial charge in [0.05, 0.1) is 19.3 Å². The van der Waals surface area contributed by atoms with Gasteiger partial charge in [-0.05, 0) is 58.6 Å². The zero-order valence-corrected chi connectivity index (χ0v) is 17.1. The molecule has 0 radical (unpaired) electrons. The molecule has 0 aliphatic carbocycles. The van der Waals surface area contributed by atoms with E-state index in [-0.39, 0.29) is 5.92 Å². The van der Waals surface area contributed by atoms with Crippen LogP contribution in [0.4, 0.5) is 11.5 Å². The van der Waals surface area contributed by atoms with Crippen LogP contribution in [0.3, 0.4) is 0 Å². The number of piperidine rings is 1. The van der Waals surface area contributed by atoms with E-state index in [1.165, 1.54) is 0 Å². The highest BCUT2D eigenvalue weighted by Gasteiger charge is 2.29. The highest BCUT2D eigenvalue weighted by molar-refractivity contribution is 7.07. The zero-order valence-electron chi connectivity index (χ0n) is 16.3. The number of aliphatic hydroxyl groups is 1. The molecule has 7 nitrogen and oxygen atoms in total. The van der Waals surface area contributed by atoms with Gasteiger partial charge in [0.1, 0.15) is 5.52 Å².